The number of nitrogens with two attached hydrogens (primary N) is 1. The topological polar surface area (TPSA) is 79.9 Å². The minimum absolute atomic E-state index is 0.0408. The standard InChI is InChI=1S/C29H27N5O/c30-23-12-10-21(11-13-23)28-31-26-19-33(15-14-25(26)29(35)32-28)17-22-18-34(16-20-6-2-1-3-7-20)27-9-5-4-8-24(22)27/h1-13,18H,14-17,19,30H2,(H,31,32,35). The SMILES string of the molecule is Nc1ccc(-c2nc3c(c(=O)[nH]2)CCN(Cc2cn(Cc4ccccc4)c4ccccc24)C3)cc1. The molecule has 1 aliphatic rings. The van der Waals surface area contributed by atoms with Crippen LogP contribution in [0.5, 0.6) is 0 Å². The monoisotopic (exact) mass is 461 g/mol. The van der Waals surface area contributed by atoms with Gasteiger partial charge in [0.15, 0.2) is 0 Å². The molecule has 5 aromatic rings. The Morgan fingerprint density at radius 1 is 0.914 bits per heavy atom. The summed E-state index contributed by atoms with van der Waals surface area (Å²) in [6.07, 6.45) is 2.97. The van der Waals surface area contributed by atoms with Crippen molar-refractivity contribution in [2.75, 3.05) is 12.3 Å². The second kappa shape index (κ2) is 8.89. The molecule has 3 aromatic carbocycles. The quantitative estimate of drug-likeness (QED) is 0.376. The predicted molar refractivity (Wildman–Crippen MR) is 140 cm³/mol. The Kier molecular flexibility index (Phi) is 5.43. The molecular formula is C29H27N5O. The second-order valence-corrected chi connectivity index (χ2v) is 9.21. The minimum atomic E-state index is -0.0408. The van der Waals surface area contributed by atoms with Gasteiger partial charge >= 0.3 is 0 Å². The van der Waals surface area contributed by atoms with Crippen LogP contribution in [0.4, 0.5) is 5.69 Å². The highest BCUT2D eigenvalue weighted by molar-refractivity contribution is 5.84. The zero-order valence-electron chi connectivity index (χ0n) is 19.4. The van der Waals surface area contributed by atoms with Gasteiger partial charge in [0.2, 0.25) is 0 Å². The molecule has 3 N–H and O–H groups in total. The maximum Gasteiger partial charge on any atom is 0.254 e. The van der Waals surface area contributed by atoms with Crippen LogP contribution >= 0.6 is 0 Å². The molecule has 0 saturated heterocycles. The second-order valence-electron chi connectivity index (χ2n) is 9.21. The van der Waals surface area contributed by atoms with Crippen molar-refractivity contribution in [1.82, 2.24) is 19.4 Å². The van der Waals surface area contributed by atoms with E-state index in [1.807, 2.05) is 24.3 Å². The van der Waals surface area contributed by atoms with Gasteiger partial charge in [0, 0.05) is 60.1 Å². The predicted octanol–water partition coefficient (Wildman–Crippen LogP) is 4.58. The lowest BCUT2D eigenvalue weighted by Gasteiger charge is -2.27. The van der Waals surface area contributed by atoms with Crippen molar-refractivity contribution in [1.29, 1.82) is 0 Å². The van der Waals surface area contributed by atoms with E-state index in [0.717, 1.165) is 36.5 Å². The van der Waals surface area contributed by atoms with Gasteiger partial charge in [-0.2, -0.15) is 0 Å². The van der Waals surface area contributed by atoms with Gasteiger partial charge in [0.05, 0.1) is 5.69 Å². The van der Waals surface area contributed by atoms with E-state index in [1.54, 1.807) is 0 Å². The molecule has 0 bridgehead atoms. The van der Waals surface area contributed by atoms with Crippen molar-refractivity contribution >= 4 is 16.6 Å². The summed E-state index contributed by atoms with van der Waals surface area (Å²) in [5.41, 5.74) is 12.8. The zero-order chi connectivity index (χ0) is 23.8. The normalized spacial score (nSPS) is 13.7. The number of benzene rings is 3. The molecule has 174 valence electrons. The first-order valence-corrected chi connectivity index (χ1v) is 11.9. The van der Waals surface area contributed by atoms with Gasteiger partial charge in [0.1, 0.15) is 5.82 Å². The third-order valence-corrected chi connectivity index (χ3v) is 6.80. The van der Waals surface area contributed by atoms with Gasteiger partial charge < -0.3 is 15.3 Å². The fourth-order valence-electron chi connectivity index (χ4n) is 5.01. The van der Waals surface area contributed by atoms with E-state index in [0.29, 0.717) is 24.5 Å². The highest BCUT2D eigenvalue weighted by Gasteiger charge is 2.22. The molecule has 3 heterocycles. The number of para-hydroxylation sites is 1. The van der Waals surface area contributed by atoms with Crippen LogP contribution < -0.4 is 11.3 Å². The lowest BCUT2D eigenvalue weighted by molar-refractivity contribution is 0.241. The summed E-state index contributed by atoms with van der Waals surface area (Å²) in [7, 11) is 0. The van der Waals surface area contributed by atoms with Crippen molar-refractivity contribution in [2.24, 2.45) is 0 Å². The molecule has 0 unspecified atom stereocenters. The number of anilines is 1. The van der Waals surface area contributed by atoms with E-state index in [4.69, 9.17) is 10.7 Å². The molecule has 6 heteroatoms. The highest BCUT2D eigenvalue weighted by Crippen LogP contribution is 2.26. The molecule has 0 amide bonds. The average Bonchev–Trinajstić information content (AvgIpc) is 3.22. The van der Waals surface area contributed by atoms with Crippen molar-refractivity contribution in [3.05, 3.63) is 118 Å². The summed E-state index contributed by atoms with van der Waals surface area (Å²) in [6, 6.07) is 26.6. The number of nitrogens with one attached hydrogen (secondary N) is 1. The average molecular weight is 462 g/mol. The summed E-state index contributed by atoms with van der Waals surface area (Å²) < 4.78 is 2.33. The maximum absolute atomic E-state index is 12.8. The molecule has 6 rings (SSSR count). The van der Waals surface area contributed by atoms with E-state index in [-0.39, 0.29) is 5.56 Å². The smallest absolute Gasteiger partial charge is 0.254 e. The maximum atomic E-state index is 12.8. The molecule has 0 radical (unpaired) electrons. The molecular weight excluding hydrogens is 434 g/mol. The summed E-state index contributed by atoms with van der Waals surface area (Å²) in [5, 5.41) is 1.27. The number of rotatable bonds is 5. The number of hydrogen-bond donors (Lipinski definition) is 2. The van der Waals surface area contributed by atoms with Gasteiger partial charge in [-0.25, -0.2) is 4.98 Å². The molecule has 0 fully saturated rings. The molecule has 35 heavy (non-hydrogen) atoms. The molecule has 0 aliphatic carbocycles. The van der Waals surface area contributed by atoms with Gasteiger partial charge in [-0.15, -0.1) is 0 Å². The Morgan fingerprint density at radius 2 is 1.69 bits per heavy atom. The lowest BCUT2D eigenvalue weighted by Crippen LogP contribution is -2.35. The number of nitrogens with zero attached hydrogens (tertiary/aromatic N) is 3. The van der Waals surface area contributed by atoms with E-state index < -0.39 is 0 Å². The number of fused-ring (bicyclic) bond motifs is 2. The highest BCUT2D eigenvalue weighted by atomic mass is 16.1. The lowest BCUT2D eigenvalue weighted by atomic mass is 10.0. The number of aromatic amines is 1. The van der Waals surface area contributed by atoms with Crippen LogP contribution in [-0.2, 0) is 26.1 Å². The van der Waals surface area contributed by atoms with Crippen LogP contribution in [0.25, 0.3) is 22.3 Å². The molecule has 1 aliphatic heterocycles. The first-order valence-electron chi connectivity index (χ1n) is 11.9. The van der Waals surface area contributed by atoms with E-state index in [2.05, 4.69) is 75.2 Å². The van der Waals surface area contributed by atoms with Crippen molar-refractivity contribution < 1.29 is 0 Å². The van der Waals surface area contributed by atoms with Crippen LogP contribution in [0.15, 0.2) is 89.9 Å². The van der Waals surface area contributed by atoms with Crippen LogP contribution in [0, 0.1) is 0 Å². The summed E-state index contributed by atoms with van der Waals surface area (Å²) in [6.45, 7) is 3.14. The zero-order valence-corrected chi connectivity index (χ0v) is 19.4. The molecule has 0 atom stereocenters. The van der Waals surface area contributed by atoms with E-state index in [9.17, 15) is 4.79 Å². The van der Waals surface area contributed by atoms with E-state index >= 15 is 0 Å². The Bertz CT molecular complexity index is 1550. The first kappa shape index (κ1) is 21.4. The van der Waals surface area contributed by atoms with Crippen molar-refractivity contribution in [3.8, 4) is 11.4 Å². The van der Waals surface area contributed by atoms with Gasteiger partial charge in [-0.05, 0) is 47.9 Å². The summed E-state index contributed by atoms with van der Waals surface area (Å²) in [4.78, 5) is 23.0. The largest absolute Gasteiger partial charge is 0.399 e. The van der Waals surface area contributed by atoms with Gasteiger partial charge in [-0.1, -0.05) is 48.5 Å². The number of nitrogen functional groups attached to an aromatic ring is 1. The third-order valence-electron chi connectivity index (χ3n) is 6.80. The van der Waals surface area contributed by atoms with Gasteiger partial charge in [0.25, 0.3) is 5.56 Å². The Balaban J connectivity index is 1.29. The van der Waals surface area contributed by atoms with Crippen LogP contribution in [0.3, 0.4) is 0 Å². The molecule has 0 saturated carbocycles. The minimum Gasteiger partial charge on any atom is -0.399 e. The van der Waals surface area contributed by atoms with Crippen LogP contribution in [0.2, 0.25) is 0 Å². The van der Waals surface area contributed by atoms with Crippen molar-refractivity contribution in [2.45, 2.75) is 26.1 Å². The van der Waals surface area contributed by atoms with Gasteiger partial charge in [-0.3, -0.25) is 9.69 Å². The van der Waals surface area contributed by atoms with Crippen LogP contribution in [-0.4, -0.2) is 26.0 Å². The Labute approximate surface area is 203 Å². The number of aromatic nitrogens is 3. The summed E-state index contributed by atoms with van der Waals surface area (Å²) >= 11 is 0. The van der Waals surface area contributed by atoms with Crippen molar-refractivity contribution in [3.63, 3.8) is 0 Å². The fourth-order valence-corrected chi connectivity index (χ4v) is 5.01. The molecule has 6 nitrogen and oxygen atoms in total. The first-order chi connectivity index (χ1) is 17.1. The van der Waals surface area contributed by atoms with E-state index in [1.165, 1.54) is 22.0 Å². The number of H-pyrrole nitrogens is 1. The summed E-state index contributed by atoms with van der Waals surface area (Å²) in [5.74, 6) is 0.593. The number of hydrogen-bond acceptors (Lipinski definition) is 4. The fraction of sp³-hybridized carbons (Fsp3) is 0.172. The molecule has 0 spiro atoms. The Hall–Kier alpha value is -4.16. The van der Waals surface area contributed by atoms with Crippen LogP contribution in [0.1, 0.15) is 22.4 Å². The third kappa shape index (κ3) is 4.24. The Morgan fingerprint density at radius 3 is 2.51 bits per heavy atom. The molecule has 2 aromatic heterocycles.